The van der Waals surface area contributed by atoms with Crippen LogP contribution in [0.4, 0.5) is 0 Å². The lowest BCUT2D eigenvalue weighted by Gasteiger charge is -2.11. The van der Waals surface area contributed by atoms with Gasteiger partial charge in [-0.15, -0.1) is 10.2 Å². The number of carbonyl (C=O) groups excluding carboxylic acids is 1. The Morgan fingerprint density at radius 2 is 1.87 bits per heavy atom. The summed E-state index contributed by atoms with van der Waals surface area (Å²) in [5.74, 6) is 1.88. The molecule has 0 bridgehead atoms. The predicted molar refractivity (Wildman–Crippen MR) is 115 cm³/mol. The van der Waals surface area contributed by atoms with Crippen molar-refractivity contribution in [3.63, 3.8) is 0 Å². The van der Waals surface area contributed by atoms with E-state index in [1.165, 1.54) is 18.2 Å². The number of hydrogen-bond donors (Lipinski definition) is 1. The molecule has 7 heteroatoms. The molecule has 1 aromatic heterocycles. The van der Waals surface area contributed by atoms with Crippen molar-refractivity contribution < 1.29 is 4.79 Å². The molecule has 1 aliphatic heterocycles. The minimum atomic E-state index is -0.122. The second-order valence-electron chi connectivity index (χ2n) is 7.21. The average Bonchev–Trinajstić information content (AvgIpc) is 3.00. The molecule has 1 N–H and O–H groups in total. The highest BCUT2D eigenvalue weighted by Crippen LogP contribution is 2.32. The van der Waals surface area contributed by atoms with Crippen LogP contribution in [0.5, 0.6) is 0 Å². The summed E-state index contributed by atoms with van der Waals surface area (Å²) in [5, 5.41) is 21.0. The maximum absolute atomic E-state index is 12.9. The van der Waals surface area contributed by atoms with Gasteiger partial charge in [0.2, 0.25) is 0 Å². The summed E-state index contributed by atoms with van der Waals surface area (Å²) >= 11 is 1.44. The highest BCUT2D eigenvalue weighted by Gasteiger charge is 2.16. The van der Waals surface area contributed by atoms with Crippen LogP contribution in [0.25, 0.3) is 0 Å². The number of nitriles is 1. The quantitative estimate of drug-likeness (QED) is 0.655. The first-order valence-corrected chi connectivity index (χ1v) is 11.0. The maximum Gasteiger partial charge on any atom is 0.252 e. The van der Waals surface area contributed by atoms with Gasteiger partial charge in [-0.1, -0.05) is 42.4 Å². The van der Waals surface area contributed by atoms with Gasteiger partial charge < -0.3 is 9.88 Å². The lowest BCUT2D eigenvalue weighted by molar-refractivity contribution is 0.0951. The lowest BCUT2D eigenvalue weighted by atomic mass is 10.2. The third-order valence-corrected chi connectivity index (χ3v) is 6.33. The number of nitrogens with one attached hydrogen (secondary N) is 1. The smallest absolute Gasteiger partial charge is 0.252 e. The van der Waals surface area contributed by atoms with Gasteiger partial charge in [-0.3, -0.25) is 4.79 Å². The van der Waals surface area contributed by atoms with Crippen LogP contribution in [-0.2, 0) is 19.4 Å². The van der Waals surface area contributed by atoms with Gasteiger partial charge in [0.05, 0.1) is 11.1 Å². The Morgan fingerprint density at radius 1 is 1.07 bits per heavy atom. The minimum absolute atomic E-state index is 0.122. The van der Waals surface area contributed by atoms with Gasteiger partial charge in [-0.25, -0.2) is 0 Å². The Balaban J connectivity index is 1.42. The molecule has 152 valence electrons. The van der Waals surface area contributed by atoms with Crippen LogP contribution in [0.2, 0.25) is 0 Å². The first kappa shape index (κ1) is 20.2. The van der Waals surface area contributed by atoms with E-state index in [0.717, 1.165) is 47.2 Å². The van der Waals surface area contributed by atoms with Gasteiger partial charge in [0, 0.05) is 35.7 Å². The molecule has 2 aromatic carbocycles. The monoisotopic (exact) mass is 417 g/mol. The second kappa shape index (κ2) is 9.59. The molecule has 1 aliphatic rings. The van der Waals surface area contributed by atoms with E-state index in [1.807, 2.05) is 42.5 Å². The van der Waals surface area contributed by atoms with Crippen LogP contribution in [0, 0.1) is 11.3 Å². The Hall–Kier alpha value is -3.11. The largest absolute Gasteiger partial charge is 0.352 e. The predicted octanol–water partition coefficient (Wildman–Crippen LogP) is 4.00. The van der Waals surface area contributed by atoms with Crippen LogP contribution in [-0.4, -0.2) is 27.2 Å². The van der Waals surface area contributed by atoms with Crippen molar-refractivity contribution >= 4 is 17.7 Å². The summed E-state index contributed by atoms with van der Waals surface area (Å²) < 4.78 is 2.21. The Morgan fingerprint density at radius 3 is 2.73 bits per heavy atom. The number of fused-ring (bicyclic) bond motifs is 1. The van der Waals surface area contributed by atoms with Crippen LogP contribution >= 0.6 is 11.8 Å². The summed E-state index contributed by atoms with van der Waals surface area (Å²) in [7, 11) is 0. The SMILES string of the molecule is N#Cc1ccccc1Sc1ccccc1C(=O)NCCc1nnc2n1CCCCC2. The summed E-state index contributed by atoms with van der Waals surface area (Å²) in [4.78, 5) is 14.5. The molecular formula is C23H23N5OS. The van der Waals surface area contributed by atoms with E-state index in [1.54, 1.807) is 6.07 Å². The maximum atomic E-state index is 12.9. The molecule has 3 aromatic rings. The first-order valence-electron chi connectivity index (χ1n) is 10.2. The third kappa shape index (κ3) is 4.55. The van der Waals surface area contributed by atoms with Crippen LogP contribution in [0.1, 0.15) is 46.8 Å². The molecule has 0 saturated carbocycles. The summed E-state index contributed by atoms with van der Waals surface area (Å²) in [5.41, 5.74) is 1.21. The Kier molecular flexibility index (Phi) is 6.45. The average molecular weight is 418 g/mol. The lowest BCUT2D eigenvalue weighted by Crippen LogP contribution is -2.27. The fraction of sp³-hybridized carbons (Fsp3) is 0.304. The number of aromatic nitrogens is 3. The van der Waals surface area contributed by atoms with Crippen LogP contribution < -0.4 is 5.32 Å². The zero-order valence-electron chi connectivity index (χ0n) is 16.7. The molecule has 4 rings (SSSR count). The topological polar surface area (TPSA) is 83.6 Å². The minimum Gasteiger partial charge on any atom is -0.352 e. The van der Waals surface area contributed by atoms with E-state index in [9.17, 15) is 10.1 Å². The van der Waals surface area contributed by atoms with E-state index >= 15 is 0 Å². The molecule has 0 spiro atoms. The third-order valence-electron chi connectivity index (χ3n) is 5.18. The number of benzene rings is 2. The van der Waals surface area contributed by atoms with E-state index in [0.29, 0.717) is 24.1 Å². The van der Waals surface area contributed by atoms with E-state index in [4.69, 9.17) is 0 Å². The second-order valence-corrected chi connectivity index (χ2v) is 8.29. The summed E-state index contributed by atoms with van der Waals surface area (Å²) in [6.07, 6.45) is 5.18. The summed E-state index contributed by atoms with van der Waals surface area (Å²) in [6, 6.07) is 17.1. The normalized spacial score (nSPS) is 13.2. The van der Waals surface area contributed by atoms with Gasteiger partial charge in [-0.2, -0.15) is 5.26 Å². The van der Waals surface area contributed by atoms with Crippen molar-refractivity contribution in [1.29, 1.82) is 5.26 Å². The van der Waals surface area contributed by atoms with Crippen molar-refractivity contribution in [3.8, 4) is 6.07 Å². The number of amides is 1. The Labute approximate surface area is 180 Å². The Bertz CT molecular complexity index is 1090. The molecule has 0 saturated heterocycles. The zero-order chi connectivity index (χ0) is 20.8. The molecule has 30 heavy (non-hydrogen) atoms. The van der Waals surface area contributed by atoms with Crippen molar-refractivity contribution in [2.75, 3.05) is 6.54 Å². The molecule has 0 fully saturated rings. The molecule has 2 heterocycles. The fourth-order valence-electron chi connectivity index (χ4n) is 3.62. The van der Waals surface area contributed by atoms with Gasteiger partial charge in [0.1, 0.15) is 17.7 Å². The molecule has 0 unspecified atom stereocenters. The zero-order valence-corrected chi connectivity index (χ0v) is 17.5. The molecule has 0 radical (unpaired) electrons. The van der Waals surface area contributed by atoms with Crippen molar-refractivity contribution in [2.45, 2.75) is 48.4 Å². The number of rotatable bonds is 6. The van der Waals surface area contributed by atoms with Crippen molar-refractivity contribution in [2.24, 2.45) is 0 Å². The molecular weight excluding hydrogens is 394 g/mol. The standard InChI is InChI=1S/C23H23N5OS/c24-16-17-8-3-5-10-19(17)30-20-11-6-4-9-18(20)23(29)25-14-13-22-27-26-21-12-2-1-7-15-28(21)22/h3-6,8-11H,1-2,7,12-15H2,(H,25,29). The number of nitrogens with zero attached hydrogens (tertiary/aromatic N) is 4. The van der Waals surface area contributed by atoms with E-state index in [-0.39, 0.29) is 5.91 Å². The van der Waals surface area contributed by atoms with Crippen LogP contribution in [0.3, 0.4) is 0 Å². The van der Waals surface area contributed by atoms with Gasteiger partial charge >= 0.3 is 0 Å². The van der Waals surface area contributed by atoms with Crippen molar-refractivity contribution in [3.05, 3.63) is 71.3 Å². The van der Waals surface area contributed by atoms with Crippen LogP contribution in [0.15, 0.2) is 58.3 Å². The van der Waals surface area contributed by atoms with Gasteiger partial charge in [0.15, 0.2) is 0 Å². The number of aryl methyl sites for hydroxylation is 1. The molecule has 6 nitrogen and oxygen atoms in total. The summed E-state index contributed by atoms with van der Waals surface area (Å²) in [6.45, 7) is 1.47. The first-order chi connectivity index (χ1) is 14.8. The van der Waals surface area contributed by atoms with E-state index in [2.05, 4.69) is 26.2 Å². The van der Waals surface area contributed by atoms with Crippen molar-refractivity contribution in [1.82, 2.24) is 20.1 Å². The van der Waals surface area contributed by atoms with Gasteiger partial charge in [0.25, 0.3) is 5.91 Å². The van der Waals surface area contributed by atoms with E-state index < -0.39 is 0 Å². The fourth-order valence-corrected chi connectivity index (χ4v) is 4.65. The highest BCUT2D eigenvalue weighted by atomic mass is 32.2. The highest BCUT2D eigenvalue weighted by molar-refractivity contribution is 7.99. The number of carbonyl (C=O) groups is 1. The molecule has 0 atom stereocenters. The molecule has 1 amide bonds. The number of hydrogen-bond acceptors (Lipinski definition) is 5. The molecule has 0 aliphatic carbocycles. The van der Waals surface area contributed by atoms with Gasteiger partial charge in [-0.05, 0) is 37.1 Å².